The van der Waals surface area contributed by atoms with Crippen LogP contribution in [0.15, 0.2) is 221 Å². The number of urea groups is 1. The van der Waals surface area contributed by atoms with Gasteiger partial charge in [-0.15, -0.1) is 11.8 Å². The van der Waals surface area contributed by atoms with Crippen LogP contribution in [0, 0.1) is 65.9 Å². The molecule has 0 radical (unpaired) electrons. The molecule has 0 saturated carbocycles. The number of halogens is 13. The second-order valence-electron chi connectivity index (χ2n) is 36.7. The van der Waals surface area contributed by atoms with E-state index in [2.05, 4.69) is 199 Å². The van der Waals surface area contributed by atoms with Crippen molar-refractivity contribution in [3.05, 3.63) is 309 Å². The van der Waals surface area contributed by atoms with E-state index in [1.165, 1.54) is 37.9 Å². The molecule has 3 amide bonds. The monoisotopic (exact) mass is 2410 g/mol. The Balaban J connectivity index is 0.000000138. The molecule has 736 valence electrons. The predicted octanol–water partition coefficient (Wildman–Crippen LogP) is 26.3. The molecule has 21 rings (SSSR count). The number of Topliss-reactive ketones (excluding diaryl/α,β-unsaturated/α-hetero) is 1. The van der Waals surface area contributed by atoms with Crippen LogP contribution in [-0.2, 0) is 81.3 Å². The number of hydrogen-bond donors (Lipinski definition) is 1. The lowest BCUT2D eigenvalue weighted by Gasteiger charge is -2.36. The molecular weight excluding hydrogens is 2320 g/mol. The molecule has 3 aromatic heterocycles. The maximum Gasteiger partial charge on any atom is 0.495 e. The summed E-state index contributed by atoms with van der Waals surface area (Å²) in [6.07, 6.45) is 0. The van der Waals surface area contributed by atoms with Gasteiger partial charge in [0.2, 0.25) is 0 Å². The van der Waals surface area contributed by atoms with E-state index < -0.39 is 52.9 Å². The zero-order valence-electron chi connectivity index (χ0n) is 79.6. The lowest BCUT2D eigenvalue weighted by atomic mass is 9.75. The zero-order valence-corrected chi connectivity index (χ0v) is 92.8. The highest BCUT2D eigenvalue weighted by Crippen LogP contribution is 2.44. The van der Waals surface area contributed by atoms with Crippen LogP contribution in [0.5, 0.6) is 0 Å². The van der Waals surface area contributed by atoms with E-state index in [0.29, 0.717) is 64.3 Å². The number of aliphatic hydroxyl groups is 1. The Hall–Kier alpha value is -7.40. The molecule has 0 spiro atoms. The van der Waals surface area contributed by atoms with Crippen LogP contribution < -0.4 is 5.46 Å². The number of aromatic nitrogens is 6. The van der Waals surface area contributed by atoms with Crippen molar-refractivity contribution in [2.24, 2.45) is 0 Å². The molecule has 0 atom stereocenters. The van der Waals surface area contributed by atoms with Gasteiger partial charge >= 0.3 is 13.1 Å². The first-order valence-corrected chi connectivity index (χ1v) is 51.7. The fraction of sp³-hybridized carbons (Fsp3) is 0.343. The number of carbonyl (C=O) groups excluding carboxylic acids is 3. The van der Waals surface area contributed by atoms with Crippen LogP contribution in [0.2, 0.25) is 5.15 Å². The zero-order chi connectivity index (χ0) is 102. The van der Waals surface area contributed by atoms with E-state index in [4.69, 9.17) is 73.1 Å². The summed E-state index contributed by atoms with van der Waals surface area (Å²) in [4.78, 5) is 59.9. The van der Waals surface area contributed by atoms with Gasteiger partial charge in [-0.1, -0.05) is 206 Å². The largest absolute Gasteiger partial charge is 0.495 e. The molecule has 8 fully saturated rings. The Morgan fingerprint density at radius 1 is 0.429 bits per heavy atom. The number of ether oxygens (including phenoxy) is 6. The average Bonchev–Trinajstić information content (AvgIpc) is 1.54. The Morgan fingerprint density at radius 3 is 1.18 bits per heavy atom. The molecule has 13 aromatic rings. The van der Waals surface area contributed by atoms with Crippen LogP contribution in [0.25, 0.3) is 55.2 Å². The molecule has 8 aliphatic rings. The Kier molecular flexibility index (Phi) is 36.2. The highest BCUT2D eigenvalue weighted by molar-refractivity contribution is 14.1. The minimum Gasteiger partial charge on any atom is -0.399 e. The summed E-state index contributed by atoms with van der Waals surface area (Å²) in [5.41, 5.74) is 11.1. The predicted molar refractivity (Wildman–Crippen MR) is 571 cm³/mol. The van der Waals surface area contributed by atoms with Gasteiger partial charge in [-0.2, -0.15) is 4.42 Å². The van der Waals surface area contributed by atoms with Crippen LogP contribution in [0.4, 0.5) is 22.4 Å². The smallest absolute Gasteiger partial charge is 0.399 e. The highest BCUT2D eigenvalue weighted by atomic mass is 127. The molecule has 8 saturated heterocycles. The molecule has 1 N–H and O–H groups in total. The third-order valence-corrected chi connectivity index (χ3v) is 31.2. The number of aryl methyl sites for hydroxylation is 9. The van der Waals surface area contributed by atoms with Crippen molar-refractivity contribution in [3.8, 4) is 22.5 Å². The molecule has 10 aromatic carbocycles. The fourth-order valence-electron chi connectivity index (χ4n) is 15.1. The van der Waals surface area contributed by atoms with Gasteiger partial charge in [0.1, 0.15) is 47.0 Å². The summed E-state index contributed by atoms with van der Waals surface area (Å²) < 4.78 is 107. The van der Waals surface area contributed by atoms with Gasteiger partial charge in [0.15, 0.2) is 28.5 Å². The standard InChI is InChI=1S/C26H23FN2OS.C19H16BrFN2O.C16H22BFO3.C10H10BrFO.C10H11BrO2.C9H6BrClN2.C7H6BrI.C5H6Cl2N2O2.C3H4O2/c1-17-12-20(26(27)15-30-16-26)8-10-22(17)25-23-11-9-21(13-24(23)28-18(2)29-25)31-14-19-6-4-3-5-7-19;1-11-7-13(19(21)9-24-10-19)3-5-15(11)18-16-6-4-14(20)8-17(16)22-12(2)23-18;1-11-8-12(16(18)9-19-10-16)6-7-13(11)17-20-14(2,3)15(4,5)21-17;2*1-7-4-8(2-3-9(7)11)10(12)5-13-6-10;1-5-12-8-4-6(10)2-3-7(8)9(11)13-5;1-5-4-6(9)2-3-7(5)8;1-5(2)3(10)8(6)4(11)9(5)7;4-3-1-5-2-3/h3-13H,14-16H2,1-2H3;3-8H,9-10H2,1-2H3;6-8H,9-10H2,1-5H3;2-4H,5-6H2,1H3;2-4,12H,5-6H2,1H3;2-4H,1H3;2-4H,1H3;1-2H3;1-2H2. The Bertz CT molecular complexity index is 6680. The first-order chi connectivity index (χ1) is 66.0. The van der Waals surface area contributed by atoms with Crippen LogP contribution in [0.1, 0.15) is 126 Å². The van der Waals surface area contributed by atoms with Crippen molar-refractivity contribution in [2.75, 3.05) is 79.3 Å². The van der Waals surface area contributed by atoms with Crippen molar-refractivity contribution in [1.82, 2.24) is 38.7 Å². The summed E-state index contributed by atoms with van der Waals surface area (Å²) >= 11 is 37.9. The first kappa shape index (κ1) is 110. The van der Waals surface area contributed by atoms with Crippen LogP contribution in [0.3, 0.4) is 0 Å². The van der Waals surface area contributed by atoms with Gasteiger partial charge in [0, 0.05) is 87.4 Å². The second-order valence-corrected chi connectivity index (χ2v) is 44.4. The second kappa shape index (κ2) is 46.1. The number of nitrogens with zero attached hydrogens (tertiary/aromatic N) is 8. The minimum absolute atomic E-state index is 0.130. The molecular formula is C105H104BBr5Cl3F4IN8O12S. The Labute approximate surface area is 888 Å². The van der Waals surface area contributed by atoms with Crippen molar-refractivity contribution in [3.63, 3.8) is 0 Å². The molecule has 11 heterocycles. The van der Waals surface area contributed by atoms with E-state index in [9.17, 15) is 37.1 Å². The molecule has 35 heteroatoms. The quantitative estimate of drug-likeness (QED) is 0.0241. The van der Waals surface area contributed by atoms with E-state index in [0.717, 1.165) is 134 Å². The topological polar surface area (TPSA) is 229 Å². The highest BCUT2D eigenvalue weighted by Gasteiger charge is 2.54. The number of imide groups is 1. The van der Waals surface area contributed by atoms with Gasteiger partial charge in [-0.25, -0.2) is 56.7 Å². The summed E-state index contributed by atoms with van der Waals surface area (Å²) in [5, 5.41) is 13.3. The molecule has 0 unspecified atom stereocenters. The summed E-state index contributed by atoms with van der Waals surface area (Å²) in [7, 11) is -0.405. The number of hydrogen-bond acceptors (Lipinski definition) is 19. The normalized spacial score (nSPS) is 17.8. The maximum atomic E-state index is 14.8. The lowest BCUT2D eigenvalue weighted by Crippen LogP contribution is -2.46. The van der Waals surface area contributed by atoms with E-state index in [-0.39, 0.29) is 69.8 Å². The number of carbonyl (C=O) groups is 3. The number of fused-ring (bicyclic) bond motifs is 3. The first-order valence-electron chi connectivity index (χ1n) is 44.6. The van der Waals surface area contributed by atoms with Crippen molar-refractivity contribution >= 4 is 212 Å². The fourth-order valence-corrected chi connectivity index (χ4v) is 18.8. The van der Waals surface area contributed by atoms with Gasteiger partial charge in [-0.05, 0) is 278 Å². The molecule has 140 heavy (non-hydrogen) atoms. The van der Waals surface area contributed by atoms with Gasteiger partial charge in [-0.3, -0.25) is 9.59 Å². The van der Waals surface area contributed by atoms with Gasteiger partial charge in [0.05, 0.1) is 105 Å². The number of amides is 3. The SMILES string of the molecule is CC1(C)C(=O)N(Cl)C(=O)N1Cl.Cc1cc(C2(F)COC2)ccc1B1OC(C)(C)C(C)(C)O1.Cc1cc(C2(F)COC2)ccc1Br.Cc1cc(C2(O)COC2)ccc1Br.Cc1cc(I)ccc1Br.Cc1nc(-c2ccc(C3(F)COC3)cc2C)c2ccc(Br)cc2n1.Cc1nc(-c2ccc(C3(F)COC3)cc2C)c2ccc(SCc3ccccc3)cc2n1.Cc1nc(Cl)c2ccc(Br)cc2n1.O=C1COC1. The third kappa shape index (κ3) is 26.2. The lowest BCUT2D eigenvalue weighted by molar-refractivity contribution is -0.184. The van der Waals surface area contributed by atoms with Crippen molar-refractivity contribution in [2.45, 2.75) is 160 Å². The Morgan fingerprint density at radius 2 is 0.807 bits per heavy atom. The minimum atomic E-state index is -1.36. The van der Waals surface area contributed by atoms with Crippen LogP contribution >= 0.6 is 149 Å². The molecule has 0 aliphatic carbocycles. The van der Waals surface area contributed by atoms with E-state index >= 15 is 0 Å². The third-order valence-electron chi connectivity index (χ3n) is 24.7. The summed E-state index contributed by atoms with van der Waals surface area (Å²) in [5.74, 6) is 2.75. The average molecular weight is 2420 g/mol. The van der Waals surface area contributed by atoms with Gasteiger partial charge in [0.25, 0.3) is 5.91 Å². The number of benzene rings is 10. The molecule has 20 nitrogen and oxygen atoms in total. The maximum absolute atomic E-state index is 14.8. The van der Waals surface area contributed by atoms with E-state index in [1.54, 1.807) is 17.8 Å². The number of rotatable bonds is 11. The van der Waals surface area contributed by atoms with Crippen LogP contribution in [-0.4, -0.2) is 165 Å². The van der Waals surface area contributed by atoms with E-state index in [1.807, 2.05) is 210 Å². The van der Waals surface area contributed by atoms with Gasteiger partial charge < -0.3 is 42.8 Å². The van der Waals surface area contributed by atoms with Crippen molar-refractivity contribution in [1.29, 1.82) is 0 Å². The molecule has 8 aliphatic heterocycles. The summed E-state index contributed by atoms with van der Waals surface area (Å²) in [6, 6.07) is 62.6. The van der Waals surface area contributed by atoms with Crippen molar-refractivity contribution < 1.29 is 74.8 Å². The molecule has 0 bridgehead atoms. The number of alkyl halides is 4. The number of ketones is 1. The number of thioether (sulfide) groups is 1. The summed E-state index contributed by atoms with van der Waals surface area (Å²) in [6.45, 7) is 31.5.